The predicted octanol–water partition coefficient (Wildman–Crippen LogP) is 4.73. The second kappa shape index (κ2) is 11.2. The number of ether oxygens (including phenoxy) is 2. The maximum atomic E-state index is 12.7. The minimum absolute atomic E-state index is 0. The molecule has 1 heterocycles. The maximum absolute atomic E-state index is 12.7. The fourth-order valence-electron chi connectivity index (χ4n) is 2.99. The first-order valence-electron chi connectivity index (χ1n) is 8.04. The van der Waals surface area contributed by atoms with Crippen LogP contribution in [0.5, 0.6) is 11.5 Å². The minimum atomic E-state index is -4.86. The molecule has 2 rings (SSSR count). The van der Waals surface area contributed by atoms with Gasteiger partial charge in [0.05, 0.1) is 7.11 Å². The van der Waals surface area contributed by atoms with Crippen molar-refractivity contribution in [2.24, 2.45) is 0 Å². The van der Waals surface area contributed by atoms with E-state index in [2.05, 4.69) is 10.1 Å². The largest absolute Gasteiger partial charge is 0.573 e. The van der Waals surface area contributed by atoms with Crippen LogP contribution in [0.3, 0.4) is 0 Å². The highest BCUT2D eigenvalue weighted by atomic mass is 35.5. The van der Waals surface area contributed by atoms with Crippen LogP contribution >= 0.6 is 24.8 Å². The van der Waals surface area contributed by atoms with Gasteiger partial charge in [-0.1, -0.05) is 6.07 Å². The Balaban J connectivity index is 0.00000364. The molecular formula is C16H22Cl2F6N2O2. The maximum Gasteiger partial charge on any atom is 0.573 e. The van der Waals surface area contributed by atoms with Crippen LogP contribution in [0.1, 0.15) is 24.4 Å². The number of piperazine rings is 1. The molecule has 0 unspecified atom stereocenters. The van der Waals surface area contributed by atoms with Gasteiger partial charge in [0, 0.05) is 50.3 Å². The van der Waals surface area contributed by atoms with Crippen LogP contribution in [0.2, 0.25) is 0 Å². The molecule has 1 aromatic rings. The Morgan fingerprint density at radius 1 is 1.07 bits per heavy atom. The zero-order chi connectivity index (χ0) is 19.4. The molecule has 0 aliphatic carbocycles. The molecule has 1 aliphatic rings. The summed E-state index contributed by atoms with van der Waals surface area (Å²) in [6.45, 7) is 2.32. The van der Waals surface area contributed by atoms with Crippen molar-refractivity contribution in [3.8, 4) is 11.5 Å². The quantitative estimate of drug-likeness (QED) is 0.625. The highest BCUT2D eigenvalue weighted by Gasteiger charge is 2.34. The Labute approximate surface area is 171 Å². The lowest BCUT2D eigenvalue weighted by molar-refractivity contribution is -0.274. The Morgan fingerprint density at radius 3 is 2.18 bits per heavy atom. The molecule has 0 saturated carbocycles. The van der Waals surface area contributed by atoms with E-state index in [0.717, 1.165) is 12.1 Å². The second-order valence-electron chi connectivity index (χ2n) is 5.91. The summed E-state index contributed by atoms with van der Waals surface area (Å²) in [5, 5.41) is 3.12. The van der Waals surface area contributed by atoms with Crippen LogP contribution in [-0.4, -0.2) is 50.7 Å². The topological polar surface area (TPSA) is 33.7 Å². The first-order valence-corrected chi connectivity index (χ1v) is 8.04. The van der Waals surface area contributed by atoms with Crippen molar-refractivity contribution in [1.29, 1.82) is 0 Å². The number of nitrogens with zero attached hydrogens (tertiary/aromatic N) is 1. The summed E-state index contributed by atoms with van der Waals surface area (Å²) in [4.78, 5) is 1.88. The molecule has 0 spiro atoms. The van der Waals surface area contributed by atoms with E-state index in [1.165, 1.54) is 13.2 Å². The highest BCUT2D eigenvalue weighted by Crippen LogP contribution is 2.38. The molecule has 0 aromatic heterocycles. The summed E-state index contributed by atoms with van der Waals surface area (Å²) >= 11 is 0. The molecule has 1 aromatic carbocycles. The van der Waals surface area contributed by atoms with Crippen molar-refractivity contribution in [1.82, 2.24) is 10.2 Å². The van der Waals surface area contributed by atoms with Gasteiger partial charge in [0.25, 0.3) is 0 Å². The van der Waals surface area contributed by atoms with E-state index >= 15 is 0 Å². The van der Waals surface area contributed by atoms with E-state index in [9.17, 15) is 26.3 Å². The molecule has 0 radical (unpaired) electrons. The number of hydrogen-bond donors (Lipinski definition) is 1. The van der Waals surface area contributed by atoms with Crippen molar-refractivity contribution in [2.45, 2.75) is 31.4 Å². The van der Waals surface area contributed by atoms with Gasteiger partial charge in [-0.3, -0.25) is 4.90 Å². The van der Waals surface area contributed by atoms with Gasteiger partial charge in [-0.05, 0) is 12.5 Å². The molecule has 1 saturated heterocycles. The van der Waals surface area contributed by atoms with Gasteiger partial charge in [-0.15, -0.1) is 38.0 Å². The lowest BCUT2D eigenvalue weighted by Crippen LogP contribution is -2.45. The van der Waals surface area contributed by atoms with Crippen LogP contribution in [0, 0.1) is 0 Å². The molecule has 1 N–H and O–H groups in total. The third kappa shape index (κ3) is 8.50. The third-order valence-electron chi connectivity index (χ3n) is 4.09. The third-order valence-corrected chi connectivity index (χ3v) is 4.09. The van der Waals surface area contributed by atoms with Crippen LogP contribution in [0.25, 0.3) is 0 Å². The van der Waals surface area contributed by atoms with E-state index in [0.29, 0.717) is 31.7 Å². The number of benzene rings is 1. The summed E-state index contributed by atoms with van der Waals surface area (Å²) in [5.41, 5.74) is 0.410. The number of halogens is 8. The molecule has 164 valence electrons. The number of methoxy groups -OCH3 is 1. The highest BCUT2D eigenvalue weighted by molar-refractivity contribution is 5.85. The van der Waals surface area contributed by atoms with E-state index in [-0.39, 0.29) is 37.0 Å². The normalized spacial score (nSPS) is 16.5. The molecule has 1 aliphatic heterocycles. The van der Waals surface area contributed by atoms with E-state index < -0.39 is 30.8 Å². The lowest BCUT2D eigenvalue weighted by Gasteiger charge is -2.36. The second-order valence-corrected chi connectivity index (χ2v) is 5.91. The summed E-state index contributed by atoms with van der Waals surface area (Å²) in [7, 11) is 1.26. The smallest absolute Gasteiger partial charge is 0.496 e. The minimum Gasteiger partial charge on any atom is -0.496 e. The average Bonchev–Trinajstić information content (AvgIpc) is 2.54. The van der Waals surface area contributed by atoms with E-state index in [1.807, 2.05) is 4.90 Å². The Hall–Kier alpha value is -1.10. The first kappa shape index (κ1) is 26.9. The summed E-state index contributed by atoms with van der Waals surface area (Å²) in [6.07, 6.45) is -10.4. The average molecular weight is 459 g/mol. The molecule has 0 amide bonds. The van der Waals surface area contributed by atoms with Crippen molar-refractivity contribution in [2.75, 3.05) is 33.3 Å². The summed E-state index contributed by atoms with van der Waals surface area (Å²) in [5.74, 6) is -0.412. The van der Waals surface area contributed by atoms with E-state index in [4.69, 9.17) is 4.74 Å². The van der Waals surface area contributed by atoms with Gasteiger partial charge >= 0.3 is 12.5 Å². The van der Waals surface area contributed by atoms with Crippen molar-refractivity contribution in [3.63, 3.8) is 0 Å². The Bertz CT molecular complexity index is 595. The monoisotopic (exact) mass is 458 g/mol. The van der Waals surface area contributed by atoms with Gasteiger partial charge in [0.15, 0.2) is 0 Å². The fourth-order valence-corrected chi connectivity index (χ4v) is 2.99. The zero-order valence-corrected chi connectivity index (χ0v) is 16.5. The number of hydrogen-bond acceptors (Lipinski definition) is 4. The van der Waals surface area contributed by atoms with E-state index in [1.54, 1.807) is 0 Å². The molecule has 1 atom stereocenters. The number of nitrogens with one attached hydrogen (secondary N) is 1. The van der Waals surface area contributed by atoms with Crippen LogP contribution < -0.4 is 14.8 Å². The fraction of sp³-hybridized carbons (Fsp3) is 0.625. The van der Waals surface area contributed by atoms with Gasteiger partial charge in [0.2, 0.25) is 0 Å². The number of alkyl halides is 6. The van der Waals surface area contributed by atoms with Crippen LogP contribution in [0.15, 0.2) is 18.2 Å². The zero-order valence-electron chi connectivity index (χ0n) is 14.9. The van der Waals surface area contributed by atoms with Gasteiger partial charge in [-0.25, -0.2) is 0 Å². The first-order chi connectivity index (χ1) is 12.1. The molecule has 12 heteroatoms. The van der Waals surface area contributed by atoms with Gasteiger partial charge in [-0.2, -0.15) is 13.2 Å². The molecular weight excluding hydrogens is 437 g/mol. The SMILES string of the molecule is COc1cc(OC(F)(F)F)ccc1[C@H](CCC(F)(F)F)N1CCNCC1.Cl.Cl. The summed E-state index contributed by atoms with van der Waals surface area (Å²) < 4.78 is 84.3. The molecule has 0 bridgehead atoms. The van der Waals surface area contributed by atoms with Gasteiger partial charge in [0.1, 0.15) is 11.5 Å². The lowest BCUT2D eigenvalue weighted by atomic mass is 9.98. The van der Waals surface area contributed by atoms with Crippen LogP contribution in [0.4, 0.5) is 26.3 Å². The van der Waals surface area contributed by atoms with Crippen molar-refractivity contribution < 1.29 is 35.8 Å². The van der Waals surface area contributed by atoms with Gasteiger partial charge < -0.3 is 14.8 Å². The predicted molar refractivity (Wildman–Crippen MR) is 96.6 cm³/mol. The van der Waals surface area contributed by atoms with Crippen molar-refractivity contribution >= 4 is 24.8 Å². The molecule has 4 nitrogen and oxygen atoms in total. The Kier molecular flexibility index (Phi) is 10.7. The molecule has 1 fully saturated rings. The number of rotatable bonds is 6. The Morgan fingerprint density at radius 2 is 1.68 bits per heavy atom. The summed E-state index contributed by atoms with van der Waals surface area (Å²) in [6, 6.07) is 2.86. The van der Waals surface area contributed by atoms with Crippen molar-refractivity contribution in [3.05, 3.63) is 23.8 Å². The molecule has 28 heavy (non-hydrogen) atoms. The standard InChI is InChI=1S/C16H20F6N2O2.2ClH/c1-25-14-10-11(26-16(20,21)22)2-3-12(14)13(4-5-15(17,18)19)24-8-6-23-7-9-24;;/h2-3,10,13,23H,4-9H2,1H3;2*1H/t13-;;/m0../s1. The van der Waals surface area contributed by atoms with Crippen LogP contribution in [-0.2, 0) is 0 Å².